The molecule has 0 amide bonds. The first-order valence-electron chi connectivity index (χ1n) is 4.83. The third-order valence-electron chi connectivity index (χ3n) is 2.22. The van der Waals surface area contributed by atoms with E-state index < -0.39 is 0 Å². The predicted octanol–water partition coefficient (Wildman–Crippen LogP) is 2.67. The largest absolute Gasteiger partial charge is 0.309 e. The zero-order valence-corrected chi connectivity index (χ0v) is 10.00. The first-order chi connectivity index (χ1) is 6.74. The van der Waals surface area contributed by atoms with Crippen LogP contribution >= 0.6 is 12.4 Å². The second-order valence-corrected chi connectivity index (χ2v) is 3.68. The minimum Gasteiger partial charge on any atom is -0.309 e. The van der Waals surface area contributed by atoms with Gasteiger partial charge in [0.2, 0.25) is 0 Å². The average molecular weight is 225 g/mol. The number of benzene rings is 1. The van der Waals surface area contributed by atoms with E-state index in [-0.39, 0.29) is 18.3 Å². The van der Waals surface area contributed by atoms with Gasteiger partial charge in [-0.1, -0.05) is 30.3 Å². The van der Waals surface area contributed by atoms with E-state index in [1.54, 1.807) is 0 Å². The Morgan fingerprint density at radius 2 is 1.87 bits per heavy atom. The van der Waals surface area contributed by atoms with E-state index in [0.29, 0.717) is 0 Å². The van der Waals surface area contributed by atoms with Crippen LogP contribution in [0.25, 0.3) is 0 Å². The normalized spacial score (nSPS) is 11.6. The van der Waals surface area contributed by atoms with E-state index in [4.69, 9.17) is 5.26 Å². The molecule has 15 heavy (non-hydrogen) atoms. The summed E-state index contributed by atoms with van der Waals surface area (Å²) in [5, 5.41) is 9.02. The average Bonchev–Trinajstić information content (AvgIpc) is 2.20. The van der Waals surface area contributed by atoms with E-state index in [2.05, 4.69) is 11.0 Å². The van der Waals surface area contributed by atoms with Gasteiger partial charge in [-0.05, 0) is 32.6 Å². The lowest BCUT2D eigenvalue weighted by molar-refractivity contribution is 0.393. The minimum absolute atomic E-state index is 0. The zero-order chi connectivity index (χ0) is 10.4. The van der Waals surface area contributed by atoms with Crippen molar-refractivity contribution in [2.75, 3.05) is 20.6 Å². The molecule has 3 heteroatoms. The highest BCUT2D eigenvalue weighted by molar-refractivity contribution is 5.85. The Bertz CT molecular complexity index is 303. The lowest BCUT2D eigenvalue weighted by Gasteiger charge is -2.13. The number of halogens is 1. The lowest BCUT2D eigenvalue weighted by atomic mass is 9.97. The molecule has 1 atom stereocenters. The number of nitrogens with zero attached hydrogens (tertiary/aromatic N) is 2. The zero-order valence-electron chi connectivity index (χ0n) is 9.18. The maximum absolute atomic E-state index is 9.02. The summed E-state index contributed by atoms with van der Waals surface area (Å²) >= 11 is 0. The van der Waals surface area contributed by atoms with Crippen molar-refractivity contribution in [3.63, 3.8) is 0 Å². The van der Waals surface area contributed by atoms with Crippen LogP contribution in [0, 0.1) is 11.3 Å². The van der Waals surface area contributed by atoms with Gasteiger partial charge < -0.3 is 4.90 Å². The van der Waals surface area contributed by atoms with Crippen LogP contribution in [0.15, 0.2) is 30.3 Å². The van der Waals surface area contributed by atoms with Crippen molar-refractivity contribution in [1.82, 2.24) is 4.90 Å². The molecular weight excluding hydrogens is 208 g/mol. The van der Waals surface area contributed by atoms with Crippen LogP contribution in [0.1, 0.15) is 17.9 Å². The van der Waals surface area contributed by atoms with Crippen LogP contribution < -0.4 is 0 Å². The van der Waals surface area contributed by atoms with Crippen molar-refractivity contribution < 1.29 is 0 Å². The van der Waals surface area contributed by atoms with E-state index in [1.807, 2.05) is 44.4 Å². The molecule has 0 radical (unpaired) electrons. The van der Waals surface area contributed by atoms with Crippen molar-refractivity contribution in [2.45, 2.75) is 12.3 Å². The quantitative estimate of drug-likeness (QED) is 0.787. The Kier molecular flexibility index (Phi) is 6.77. The highest BCUT2D eigenvalue weighted by Crippen LogP contribution is 2.18. The fourth-order valence-corrected chi connectivity index (χ4v) is 1.38. The molecule has 0 saturated heterocycles. The third kappa shape index (κ3) is 4.83. The van der Waals surface area contributed by atoms with E-state index in [0.717, 1.165) is 18.5 Å². The molecule has 0 saturated carbocycles. The molecule has 0 spiro atoms. The Labute approximate surface area is 97.9 Å². The van der Waals surface area contributed by atoms with Crippen LogP contribution in [0.4, 0.5) is 0 Å². The van der Waals surface area contributed by atoms with Gasteiger partial charge in [-0.25, -0.2) is 0 Å². The van der Waals surface area contributed by atoms with Gasteiger partial charge in [0.05, 0.1) is 12.0 Å². The molecule has 0 N–H and O–H groups in total. The predicted molar refractivity (Wildman–Crippen MR) is 65.2 cm³/mol. The van der Waals surface area contributed by atoms with Crippen LogP contribution in [0.5, 0.6) is 0 Å². The van der Waals surface area contributed by atoms with Crippen molar-refractivity contribution in [1.29, 1.82) is 5.26 Å². The van der Waals surface area contributed by atoms with E-state index in [9.17, 15) is 0 Å². The highest BCUT2D eigenvalue weighted by Gasteiger charge is 2.09. The molecule has 0 aliphatic heterocycles. The molecule has 82 valence electrons. The Hall–Kier alpha value is -1.04. The SMILES string of the molecule is CN(C)CCC(C#N)c1ccccc1.Cl. The molecule has 0 fully saturated rings. The summed E-state index contributed by atoms with van der Waals surface area (Å²) in [5.41, 5.74) is 1.12. The second kappa shape index (κ2) is 7.28. The summed E-state index contributed by atoms with van der Waals surface area (Å²) in [5.74, 6) is 0.0265. The topological polar surface area (TPSA) is 27.0 Å². The molecule has 0 bridgehead atoms. The van der Waals surface area contributed by atoms with Gasteiger partial charge in [-0.3, -0.25) is 0 Å². The summed E-state index contributed by atoms with van der Waals surface area (Å²) in [7, 11) is 4.05. The molecule has 1 rings (SSSR count). The van der Waals surface area contributed by atoms with Crippen LogP contribution in [-0.4, -0.2) is 25.5 Å². The fraction of sp³-hybridized carbons (Fsp3) is 0.417. The molecule has 0 heterocycles. The summed E-state index contributed by atoms with van der Waals surface area (Å²) in [6.07, 6.45) is 0.896. The lowest BCUT2D eigenvalue weighted by Crippen LogP contribution is -2.15. The first-order valence-corrected chi connectivity index (χ1v) is 4.83. The van der Waals surface area contributed by atoms with E-state index in [1.165, 1.54) is 0 Å². The Morgan fingerprint density at radius 3 is 2.33 bits per heavy atom. The maximum Gasteiger partial charge on any atom is 0.0724 e. The van der Waals surface area contributed by atoms with Gasteiger partial charge in [-0.15, -0.1) is 12.4 Å². The molecular formula is C12H17ClN2. The van der Waals surface area contributed by atoms with Gasteiger partial charge in [0, 0.05) is 0 Å². The fourth-order valence-electron chi connectivity index (χ4n) is 1.38. The molecule has 1 unspecified atom stereocenters. The Balaban J connectivity index is 0.00000196. The third-order valence-corrected chi connectivity index (χ3v) is 2.22. The first kappa shape index (κ1) is 14.0. The molecule has 1 aromatic rings. The van der Waals surface area contributed by atoms with Gasteiger partial charge in [0.1, 0.15) is 0 Å². The van der Waals surface area contributed by atoms with Gasteiger partial charge >= 0.3 is 0 Å². The summed E-state index contributed by atoms with van der Waals surface area (Å²) in [4.78, 5) is 2.10. The number of hydrogen-bond donors (Lipinski definition) is 0. The van der Waals surface area contributed by atoms with Crippen molar-refractivity contribution in [3.8, 4) is 6.07 Å². The smallest absolute Gasteiger partial charge is 0.0724 e. The standard InChI is InChI=1S/C12H16N2.ClH/c1-14(2)9-8-12(10-13)11-6-4-3-5-7-11;/h3-7,12H,8-9H2,1-2H3;1H. The second-order valence-electron chi connectivity index (χ2n) is 3.68. The maximum atomic E-state index is 9.02. The number of hydrogen-bond acceptors (Lipinski definition) is 2. The summed E-state index contributed by atoms with van der Waals surface area (Å²) < 4.78 is 0. The van der Waals surface area contributed by atoms with E-state index >= 15 is 0 Å². The van der Waals surface area contributed by atoms with Crippen molar-refractivity contribution in [3.05, 3.63) is 35.9 Å². The molecule has 0 aliphatic rings. The summed E-state index contributed by atoms with van der Waals surface area (Å²) in [6.45, 7) is 0.952. The number of rotatable bonds is 4. The van der Waals surface area contributed by atoms with Gasteiger partial charge in [0.15, 0.2) is 0 Å². The molecule has 1 aromatic carbocycles. The molecule has 2 nitrogen and oxygen atoms in total. The molecule has 0 aromatic heterocycles. The number of nitriles is 1. The van der Waals surface area contributed by atoms with Crippen LogP contribution in [-0.2, 0) is 0 Å². The van der Waals surface area contributed by atoms with Crippen LogP contribution in [0.2, 0.25) is 0 Å². The summed E-state index contributed by atoms with van der Waals surface area (Å²) in [6, 6.07) is 12.3. The van der Waals surface area contributed by atoms with Gasteiger partial charge in [-0.2, -0.15) is 5.26 Å². The minimum atomic E-state index is 0. The highest BCUT2D eigenvalue weighted by atomic mass is 35.5. The van der Waals surface area contributed by atoms with Gasteiger partial charge in [0.25, 0.3) is 0 Å². The van der Waals surface area contributed by atoms with Crippen LogP contribution in [0.3, 0.4) is 0 Å². The van der Waals surface area contributed by atoms with Crippen molar-refractivity contribution in [2.24, 2.45) is 0 Å². The Morgan fingerprint density at radius 1 is 1.27 bits per heavy atom. The van der Waals surface area contributed by atoms with Crippen molar-refractivity contribution >= 4 is 12.4 Å². The monoisotopic (exact) mass is 224 g/mol. The molecule has 0 aliphatic carbocycles.